The van der Waals surface area contributed by atoms with Crippen molar-refractivity contribution in [3.05, 3.63) is 71.8 Å². The number of rotatable bonds is 3. The van der Waals surface area contributed by atoms with Crippen molar-refractivity contribution in [3.8, 4) is 0 Å². The van der Waals surface area contributed by atoms with E-state index in [1.54, 1.807) is 0 Å². The van der Waals surface area contributed by atoms with Gasteiger partial charge in [0.15, 0.2) is 0 Å². The lowest BCUT2D eigenvalue weighted by molar-refractivity contribution is 0.0537. The zero-order valence-electron chi connectivity index (χ0n) is 12.1. The summed E-state index contributed by atoms with van der Waals surface area (Å²) in [5.41, 5.74) is 0.987. The molecule has 0 unspecified atom stereocenters. The monoisotopic (exact) mass is 297 g/mol. The molecule has 3 rings (SSSR count). The SMILES string of the molecule is CON=C1OC(=O)OCC1(c1ccccc1)c1ccccc1. The molecule has 112 valence electrons. The van der Waals surface area contributed by atoms with Gasteiger partial charge in [0.2, 0.25) is 0 Å². The molecule has 0 bridgehead atoms. The molecule has 1 fully saturated rings. The maximum absolute atomic E-state index is 11.5. The first-order valence-corrected chi connectivity index (χ1v) is 6.84. The van der Waals surface area contributed by atoms with Gasteiger partial charge in [0.05, 0.1) is 0 Å². The minimum Gasteiger partial charge on any atom is -0.432 e. The second-order valence-corrected chi connectivity index (χ2v) is 4.86. The van der Waals surface area contributed by atoms with Gasteiger partial charge in [0, 0.05) is 0 Å². The first kappa shape index (κ1) is 14.1. The Balaban J connectivity index is 2.23. The van der Waals surface area contributed by atoms with Gasteiger partial charge in [-0.3, -0.25) is 0 Å². The van der Waals surface area contributed by atoms with Crippen LogP contribution in [0.4, 0.5) is 4.79 Å². The third kappa shape index (κ3) is 2.30. The summed E-state index contributed by atoms with van der Waals surface area (Å²) in [6.07, 6.45) is -0.779. The second-order valence-electron chi connectivity index (χ2n) is 4.86. The van der Waals surface area contributed by atoms with E-state index >= 15 is 0 Å². The summed E-state index contributed by atoms with van der Waals surface area (Å²) in [5.74, 6) is 0.170. The van der Waals surface area contributed by atoms with Crippen LogP contribution in [0.25, 0.3) is 0 Å². The smallest absolute Gasteiger partial charge is 0.432 e. The van der Waals surface area contributed by atoms with Gasteiger partial charge >= 0.3 is 6.16 Å². The molecule has 2 aromatic carbocycles. The predicted molar refractivity (Wildman–Crippen MR) is 80.5 cm³/mol. The normalized spacial score (nSPS) is 18.4. The highest BCUT2D eigenvalue weighted by Gasteiger charge is 2.48. The topological polar surface area (TPSA) is 57.1 Å². The van der Waals surface area contributed by atoms with Crippen LogP contribution in [0.3, 0.4) is 0 Å². The van der Waals surface area contributed by atoms with E-state index in [9.17, 15) is 4.79 Å². The van der Waals surface area contributed by atoms with Crippen molar-refractivity contribution in [2.45, 2.75) is 5.41 Å². The molecule has 0 spiro atoms. The molecule has 1 aliphatic rings. The highest BCUT2D eigenvalue weighted by Crippen LogP contribution is 2.37. The van der Waals surface area contributed by atoms with Crippen molar-refractivity contribution >= 4 is 12.1 Å². The van der Waals surface area contributed by atoms with Gasteiger partial charge < -0.3 is 14.3 Å². The van der Waals surface area contributed by atoms with Crippen molar-refractivity contribution in [1.82, 2.24) is 0 Å². The van der Waals surface area contributed by atoms with E-state index in [2.05, 4.69) is 5.16 Å². The first-order valence-electron chi connectivity index (χ1n) is 6.84. The Kier molecular flexibility index (Phi) is 3.78. The Hall–Kier alpha value is -2.82. The number of hydrogen-bond acceptors (Lipinski definition) is 5. The van der Waals surface area contributed by atoms with E-state index in [4.69, 9.17) is 14.3 Å². The van der Waals surface area contributed by atoms with Crippen molar-refractivity contribution in [2.24, 2.45) is 5.16 Å². The Morgan fingerprint density at radius 3 is 2.05 bits per heavy atom. The summed E-state index contributed by atoms with van der Waals surface area (Å²) in [4.78, 5) is 16.4. The maximum Gasteiger partial charge on any atom is 0.515 e. The summed E-state index contributed by atoms with van der Waals surface area (Å²) in [7, 11) is 1.41. The van der Waals surface area contributed by atoms with Crippen molar-refractivity contribution in [3.63, 3.8) is 0 Å². The molecule has 22 heavy (non-hydrogen) atoms. The van der Waals surface area contributed by atoms with Gasteiger partial charge in [-0.25, -0.2) is 4.79 Å². The predicted octanol–water partition coefficient (Wildman–Crippen LogP) is 3.10. The van der Waals surface area contributed by atoms with Crippen molar-refractivity contribution in [1.29, 1.82) is 0 Å². The number of ether oxygens (including phenoxy) is 2. The number of carbonyl (C=O) groups excluding carboxylic acids is 1. The van der Waals surface area contributed by atoms with Gasteiger partial charge in [-0.15, -0.1) is 0 Å². The average Bonchev–Trinajstić information content (AvgIpc) is 2.57. The molecule has 0 N–H and O–H groups in total. The van der Waals surface area contributed by atoms with Gasteiger partial charge in [-0.1, -0.05) is 65.8 Å². The molecule has 0 radical (unpaired) electrons. The fourth-order valence-corrected chi connectivity index (χ4v) is 2.63. The van der Waals surface area contributed by atoms with Gasteiger partial charge in [0.1, 0.15) is 19.1 Å². The number of hydrogen-bond donors (Lipinski definition) is 0. The maximum atomic E-state index is 11.5. The third-order valence-electron chi connectivity index (χ3n) is 3.66. The molecule has 0 atom stereocenters. The molecule has 0 aliphatic carbocycles. The average molecular weight is 297 g/mol. The van der Waals surface area contributed by atoms with Gasteiger partial charge in [-0.2, -0.15) is 0 Å². The molecule has 1 saturated heterocycles. The lowest BCUT2D eigenvalue weighted by atomic mass is 9.74. The minimum absolute atomic E-state index is 0.0993. The van der Waals surface area contributed by atoms with Crippen LogP contribution in [0.2, 0.25) is 0 Å². The van der Waals surface area contributed by atoms with Crippen LogP contribution in [0.5, 0.6) is 0 Å². The molecule has 2 aromatic rings. The fourth-order valence-electron chi connectivity index (χ4n) is 2.63. The number of cyclic esters (lactones) is 2. The molecule has 5 heteroatoms. The van der Waals surface area contributed by atoms with Crippen LogP contribution >= 0.6 is 0 Å². The van der Waals surface area contributed by atoms with Gasteiger partial charge in [-0.05, 0) is 11.1 Å². The van der Waals surface area contributed by atoms with Crippen LogP contribution in [-0.4, -0.2) is 25.8 Å². The van der Waals surface area contributed by atoms with Crippen LogP contribution in [-0.2, 0) is 19.7 Å². The highest BCUT2D eigenvalue weighted by molar-refractivity contribution is 5.99. The molecule has 1 aliphatic heterocycles. The van der Waals surface area contributed by atoms with E-state index in [1.165, 1.54) is 7.11 Å². The molecular formula is C17H15NO4. The lowest BCUT2D eigenvalue weighted by Gasteiger charge is -2.36. The standard InChI is InChI=1S/C17H15NO4/c1-20-18-15-17(12-21-16(19)22-15,13-8-4-2-5-9-13)14-10-6-3-7-11-14/h2-11H,12H2,1H3. The van der Waals surface area contributed by atoms with E-state index in [1.807, 2.05) is 60.7 Å². The summed E-state index contributed by atoms with van der Waals surface area (Å²) in [6.45, 7) is 0.0993. The summed E-state index contributed by atoms with van der Waals surface area (Å²) in [5, 5.41) is 3.93. The van der Waals surface area contributed by atoms with Crippen molar-refractivity contribution in [2.75, 3.05) is 13.7 Å². The van der Waals surface area contributed by atoms with E-state index in [-0.39, 0.29) is 12.5 Å². The van der Waals surface area contributed by atoms with E-state index < -0.39 is 11.6 Å². The lowest BCUT2D eigenvalue weighted by Crippen LogP contribution is -2.48. The third-order valence-corrected chi connectivity index (χ3v) is 3.66. The Labute approximate surface area is 128 Å². The Morgan fingerprint density at radius 1 is 1.00 bits per heavy atom. The molecular weight excluding hydrogens is 282 g/mol. The van der Waals surface area contributed by atoms with E-state index in [0.29, 0.717) is 0 Å². The zero-order chi connectivity index (χ0) is 15.4. The molecule has 0 amide bonds. The number of nitrogens with zero attached hydrogens (tertiary/aromatic N) is 1. The Morgan fingerprint density at radius 2 is 1.55 bits per heavy atom. The largest absolute Gasteiger partial charge is 0.515 e. The van der Waals surface area contributed by atoms with Crippen LogP contribution < -0.4 is 0 Å². The minimum atomic E-state index is -0.827. The Bertz CT molecular complexity index is 643. The number of carbonyl (C=O) groups is 1. The molecule has 1 heterocycles. The quantitative estimate of drug-likeness (QED) is 0.645. The fraction of sp³-hybridized carbons (Fsp3) is 0.176. The van der Waals surface area contributed by atoms with Gasteiger partial charge in [0.25, 0.3) is 5.90 Å². The summed E-state index contributed by atoms with van der Waals surface area (Å²) >= 11 is 0. The molecule has 0 aromatic heterocycles. The van der Waals surface area contributed by atoms with Crippen molar-refractivity contribution < 1.29 is 19.1 Å². The van der Waals surface area contributed by atoms with Crippen LogP contribution in [0.1, 0.15) is 11.1 Å². The molecule has 0 saturated carbocycles. The highest BCUT2D eigenvalue weighted by atomic mass is 16.7. The van der Waals surface area contributed by atoms with E-state index in [0.717, 1.165) is 11.1 Å². The first-order chi connectivity index (χ1) is 10.8. The van der Waals surface area contributed by atoms with Crippen LogP contribution in [0, 0.1) is 0 Å². The number of oxime groups is 1. The van der Waals surface area contributed by atoms with Crippen LogP contribution in [0.15, 0.2) is 65.8 Å². The summed E-state index contributed by atoms with van der Waals surface area (Å²) < 4.78 is 10.4. The molecule has 5 nitrogen and oxygen atoms in total. The zero-order valence-corrected chi connectivity index (χ0v) is 12.1. The number of benzene rings is 2. The summed E-state index contributed by atoms with van der Waals surface area (Å²) in [6, 6.07) is 19.3. The second kappa shape index (κ2) is 5.89.